The molecule has 1 saturated heterocycles. The van der Waals surface area contributed by atoms with Crippen LogP contribution in [0.15, 0.2) is 40.9 Å². The molecule has 3 rings (SSSR count). The van der Waals surface area contributed by atoms with Gasteiger partial charge >= 0.3 is 0 Å². The summed E-state index contributed by atoms with van der Waals surface area (Å²) in [5.41, 5.74) is 1.21. The number of anilines is 1. The van der Waals surface area contributed by atoms with Gasteiger partial charge < -0.3 is 10.1 Å². The molecule has 0 spiro atoms. The Morgan fingerprint density at radius 1 is 1.16 bits per heavy atom. The monoisotopic (exact) mass is 319 g/mol. The lowest BCUT2D eigenvalue weighted by atomic mass is 10.1. The van der Waals surface area contributed by atoms with E-state index in [0.717, 1.165) is 24.0 Å². The van der Waals surface area contributed by atoms with Gasteiger partial charge in [0.15, 0.2) is 0 Å². The van der Waals surface area contributed by atoms with E-state index in [0.29, 0.717) is 6.10 Å². The van der Waals surface area contributed by atoms with Gasteiger partial charge in [-0.05, 0) is 36.8 Å². The zero-order valence-electron chi connectivity index (χ0n) is 10.9. The van der Waals surface area contributed by atoms with Gasteiger partial charge in [-0.25, -0.2) is 0 Å². The average molecular weight is 320 g/mol. The molecule has 1 aliphatic rings. The van der Waals surface area contributed by atoms with Crippen molar-refractivity contribution in [2.45, 2.75) is 25.4 Å². The van der Waals surface area contributed by atoms with Gasteiger partial charge in [0.1, 0.15) is 0 Å². The third-order valence-corrected chi connectivity index (χ3v) is 4.37. The third kappa shape index (κ3) is 2.93. The van der Waals surface area contributed by atoms with Crippen LogP contribution < -0.4 is 5.32 Å². The molecule has 2 aromatic carbocycles. The molecule has 0 aliphatic carbocycles. The van der Waals surface area contributed by atoms with Crippen LogP contribution in [0.4, 0.5) is 5.69 Å². The Morgan fingerprint density at radius 3 is 2.79 bits per heavy atom. The zero-order valence-corrected chi connectivity index (χ0v) is 12.4. The molecule has 1 unspecified atom stereocenters. The van der Waals surface area contributed by atoms with E-state index in [9.17, 15) is 0 Å². The largest absolute Gasteiger partial charge is 0.384 e. The van der Waals surface area contributed by atoms with Gasteiger partial charge in [0.25, 0.3) is 0 Å². The summed E-state index contributed by atoms with van der Waals surface area (Å²) in [5, 5.41) is 6.06. The third-order valence-electron chi connectivity index (χ3n) is 3.68. The second-order valence-corrected chi connectivity index (χ2v) is 5.85. The SMILES string of the molecule is Brc1ccc(NCCC2CCCO2)c2ccccc12. The fraction of sp³-hybridized carbons (Fsp3) is 0.375. The first kappa shape index (κ1) is 12.9. The zero-order chi connectivity index (χ0) is 13.1. The van der Waals surface area contributed by atoms with Crippen LogP contribution in [-0.2, 0) is 4.74 Å². The molecule has 0 saturated carbocycles. The lowest BCUT2D eigenvalue weighted by Gasteiger charge is -2.13. The fourth-order valence-electron chi connectivity index (χ4n) is 2.66. The predicted molar refractivity (Wildman–Crippen MR) is 83.7 cm³/mol. The molecule has 1 atom stereocenters. The quantitative estimate of drug-likeness (QED) is 0.890. The Morgan fingerprint density at radius 2 is 2.00 bits per heavy atom. The van der Waals surface area contributed by atoms with Crippen molar-refractivity contribution in [2.24, 2.45) is 0 Å². The molecule has 1 heterocycles. The Kier molecular flexibility index (Phi) is 4.04. The minimum Gasteiger partial charge on any atom is -0.384 e. The van der Waals surface area contributed by atoms with Crippen LogP contribution in [0, 0.1) is 0 Å². The van der Waals surface area contributed by atoms with Gasteiger partial charge in [-0.3, -0.25) is 0 Å². The Labute approximate surface area is 122 Å². The number of hydrogen-bond acceptors (Lipinski definition) is 2. The molecule has 19 heavy (non-hydrogen) atoms. The van der Waals surface area contributed by atoms with Crippen LogP contribution in [0.3, 0.4) is 0 Å². The standard InChI is InChI=1S/C16H18BrNO/c17-15-7-8-16(14-6-2-1-5-13(14)15)18-10-9-12-4-3-11-19-12/h1-2,5-8,12,18H,3-4,9-11H2. The molecule has 0 radical (unpaired) electrons. The summed E-state index contributed by atoms with van der Waals surface area (Å²) < 4.78 is 6.80. The summed E-state index contributed by atoms with van der Waals surface area (Å²) in [6.45, 7) is 1.90. The van der Waals surface area contributed by atoms with Crippen molar-refractivity contribution in [3.63, 3.8) is 0 Å². The molecular weight excluding hydrogens is 302 g/mol. The molecule has 100 valence electrons. The van der Waals surface area contributed by atoms with E-state index in [1.165, 1.54) is 29.3 Å². The van der Waals surface area contributed by atoms with Crippen LogP contribution >= 0.6 is 15.9 Å². The second kappa shape index (κ2) is 5.93. The molecular formula is C16H18BrNO. The van der Waals surface area contributed by atoms with E-state index >= 15 is 0 Å². The van der Waals surface area contributed by atoms with E-state index in [4.69, 9.17) is 4.74 Å². The minimum absolute atomic E-state index is 0.453. The number of hydrogen-bond donors (Lipinski definition) is 1. The van der Waals surface area contributed by atoms with Crippen LogP contribution in [0.2, 0.25) is 0 Å². The van der Waals surface area contributed by atoms with Gasteiger partial charge in [-0.1, -0.05) is 40.2 Å². The highest BCUT2D eigenvalue weighted by molar-refractivity contribution is 9.10. The molecule has 1 aliphatic heterocycles. The Bertz CT molecular complexity index is 564. The van der Waals surface area contributed by atoms with Gasteiger partial charge in [-0.2, -0.15) is 0 Å². The second-order valence-electron chi connectivity index (χ2n) is 4.99. The van der Waals surface area contributed by atoms with Crippen LogP contribution in [-0.4, -0.2) is 19.3 Å². The van der Waals surface area contributed by atoms with Crippen molar-refractivity contribution in [3.05, 3.63) is 40.9 Å². The lowest BCUT2D eigenvalue weighted by Crippen LogP contribution is -2.12. The average Bonchev–Trinajstić information content (AvgIpc) is 2.95. The number of ether oxygens (including phenoxy) is 1. The summed E-state index contributed by atoms with van der Waals surface area (Å²) in [6.07, 6.45) is 3.97. The van der Waals surface area contributed by atoms with Crippen molar-refractivity contribution in [3.8, 4) is 0 Å². The maximum absolute atomic E-state index is 5.65. The first-order chi connectivity index (χ1) is 9.34. The number of halogens is 1. The van der Waals surface area contributed by atoms with Crippen molar-refractivity contribution < 1.29 is 4.74 Å². The van der Waals surface area contributed by atoms with E-state index in [-0.39, 0.29) is 0 Å². The van der Waals surface area contributed by atoms with Crippen molar-refractivity contribution in [2.75, 3.05) is 18.5 Å². The summed E-state index contributed by atoms with van der Waals surface area (Å²) in [4.78, 5) is 0. The Balaban J connectivity index is 1.72. The molecule has 2 nitrogen and oxygen atoms in total. The van der Waals surface area contributed by atoms with Gasteiger partial charge in [0.2, 0.25) is 0 Å². The van der Waals surface area contributed by atoms with Crippen LogP contribution in [0.1, 0.15) is 19.3 Å². The lowest BCUT2D eigenvalue weighted by molar-refractivity contribution is 0.107. The highest BCUT2D eigenvalue weighted by Gasteiger charge is 2.14. The summed E-state index contributed by atoms with van der Waals surface area (Å²) in [7, 11) is 0. The number of benzene rings is 2. The maximum Gasteiger partial charge on any atom is 0.0592 e. The molecule has 0 bridgehead atoms. The van der Waals surface area contributed by atoms with Crippen LogP contribution in [0.5, 0.6) is 0 Å². The molecule has 0 aromatic heterocycles. The highest BCUT2D eigenvalue weighted by atomic mass is 79.9. The fourth-order valence-corrected chi connectivity index (χ4v) is 3.13. The normalized spacial score (nSPS) is 18.9. The number of fused-ring (bicyclic) bond motifs is 1. The van der Waals surface area contributed by atoms with E-state index in [2.05, 4.69) is 57.6 Å². The number of nitrogens with one attached hydrogen (secondary N) is 1. The van der Waals surface area contributed by atoms with Crippen LogP contribution in [0.25, 0.3) is 10.8 Å². The molecule has 2 aromatic rings. The van der Waals surface area contributed by atoms with Crippen molar-refractivity contribution >= 4 is 32.4 Å². The summed E-state index contributed by atoms with van der Waals surface area (Å²) in [5.74, 6) is 0. The Hall–Kier alpha value is -1.06. The molecule has 3 heteroatoms. The summed E-state index contributed by atoms with van der Waals surface area (Å²) in [6, 6.07) is 12.7. The first-order valence-corrected chi connectivity index (χ1v) is 7.66. The molecule has 1 N–H and O–H groups in total. The van der Waals surface area contributed by atoms with E-state index < -0.39 is 0 Å². The van der Waals surface area contributed by atoms with Gasteiger partial charge in [-0.15, -0.1) is 0 Å². The minimum atomic E-state index is 0.453. The van der Waals surface area contributed by atoms with Crippen molar-refractivity contribution in [1.29, 1.82) is 0 Å². The van der Waals surface area contributed by atoms with Crippen molar-refractivity contribution in [1.82, 2.24) is 0 Å². The molecule has 1 fully saturated rings. The summed E-state index contributed by atoms with van der Waals surface area (Å²) >= 11 is 3.61. The van der Waals surface area contributed by atoms with E-state index in [1.54, 1.807) is 0 Å². The smallest absolute Gasteiger partial charge is 0.0592 e. The predicted octanol–water partition coefficient (Wildman–Crippen LogP) is 4.58. The highest BCUT2D eigenvalue weighted by Crippen LogP contribution is 2.30. The maximum atomic E-state index is 5.65. The van der Waals surface area contributed by atoms with E-state index in [1.807, 2.05) is 0 Å². The van der Waals surface area contributed by atoms with Gasteiger partial charge in [0.05, 0.1) is 6.10 Å². The topological polar surface area (TPSA) is 21.3 Å². The van der Waals surface area contributed by atoms with Gasteiger partial charge in [0, 0.05) is 28.7 Å². The molecule has 0 amide bonds. The number of rotatable bonds is 4. The first-order valence-electron chi connectivity index (χ1n) is 6.87.